The average Bonchev–Trinajstić information content (AvgIpc) is 3.19. The van der Waals surface area contributed by atoms with E-state index in [1.54, 1.807) is 12.1 Å². The van der Waals surface area contributed by atoms with E-state index < -0.39 is 10.0 Å². The zero-order valence-corrected chi connectivity index (χ0v) is 17.7. The lowest BCUT2D eigenvalue weighted by atomic mass is 10.2. The zero-order valence-electron chi connectivity index (χ0n) is 16.9. The lowest BCUT2D eigenvalue weighted by Gasteiger charge is -2.24. The number of benzene rings is 2. The van der Waals surface area contributed by atoms with Gasteiger partial charge in [-0.2, -0.15) is 4.98 Å². The minimum Gasteiger partial charge on any atom is -0.347 e. The first-order valence-electron chi connectivity index (χ1n) is 9.52. The monoisotopic (exact) mass is 428 g/mol. The molecule has 0 spiro atoms. The number of hydrogen-bond acceptors (Lipinski definition) is 6. The molecule has 0 aliphatic rings. The number of aryl methyl sites for hydroxylation is 1. The average molecular weight is 429 g/mol. The quantitative estimate of drug-likeness (QED) is 0.562. The van der Waals surface area contributed by atoms with Gasteiger partial charge in [0.1, 0.15) is 0 Å². The van der Waals surface area contributed by atoms with Gasteiger partial charge in [0, 0.05) is 18.5 Å². The van der Waals surface area contributed by atoms with E-state index in [0.29, 0.717) is 23.8 Å². The minimum absolute atomic E-state index is 0.117. The number of carbonyl (C=O) groups is 1. The fourth-order valence-corrected chi connectivity index (χ4v) is 4.01. The molecule has 0 radical (unpaired) electrons. The second-order valence-corrected chi connectivity index (χ2v) is 8.79. The maximum atomic E-state index is 12.2. The molecular formula is C21H24N4O4S. The molecule has 0 saturated heterocycles. The zero-order chi connectivity index (χ0) is 21.6. The van der Waals surface area contributed by atoms with E-state index in [2.05, 4.69) is 15.5 Å². The van der Waals surface area contributed by atoms with Crippen LogP contribution in [0, 0.1) is 6.92 Å². The van der Waals surface area contributed by atoms with E-state index in [4.69, 9.17) is 4.52 Å². The fraction of sp³-hybridized carbons (Fsp3) is 0.286. The van der Waals surface area contributed by atoms with Crippen molar-refractivity contribution in [1.29, 1.82) is 0 Å². The Bertz CT molecular complexity index is 1100. The SMILES string of the molecule is Cc1ccccc1N(CCCC(=O)NCc1nc(-c2ccccc2)no1)S(C)(=O)=O. The number of hydrogen-bond donors (Lipinski definition) is 1. The Morgan fingerprint density at radius 1 is 1.10 bits per heavy atom. The summed E-state index contributed by atoms with van der Waals surface area (Å²) in [5.41, 5.74) is 2.31. The van der Waals surface area contributed by atoms with Gasteiger partial charge in [-0.3, -0.25) is 9.10 Å². The molecule has 30 heavy (non-hydrogen) atoms. The lowest BCUT2D eigenvalue weighted by molar-refractivity contribution is -0.121. The number of carbonyl (C=O) groups excluding carboxylic acids is 1. The third kappa shape index (κ3) is 5.66. The van der Waals surface area contributed by atoms with Gasteiger partial charge in [0.15, 0.2) is 0 Å². The van der Waals surface area contributed by atoms with Gasteiger partial charge in [0.2, 0.25) is 27.6 Å². The summed E-state index contributed by atoms with van der Waals surface area (Å²) in [6.45, 7) is 2.19. The molecule has 0 saturated carbocycles. The summed E-state index contributed by atoms with van der Waals surface area (Å²) in [5, 5.41) is 6.63. The second kappa shape index (κ2) is 9.53. The van der Waals surface area contributed by atoms with Gasteiger partial charge in [-0.25, -0.2) is 8.42 Å². The molecule has 0 bridgehead atoms. The van der Waals surface area contributed by atoms with Crippen molar-refractivity contribution in [1.82, 2.24) is 15.5 Å². The van der Waals surface area contributed by atoms with Crippen LogP contribution in [0.1, 0.15) is 24.3 Å². The van der Waals surface area contributed by atoms with Gasteiger partial charge < -0.3 is 9.84 Å². The predicted molar refractivity (Wildman–Crippen MR) is 114 cm³/mol. The molecule has 0 unspecified atom stereocenters. The first-order chi connectivity index (χ1) is 14.3. The van der Waals surface area contributed by atoms with Crippen LogP contribution in [0.3, 0.4) is 0 Å². The maximum absolute atomic E-state index is 12.2. The molecule has 0 fully saturated rings. The van der Waals surface area contributed by atoms with Crippen LogP contribution in [0.4, 0.5) is 5.69 Å². The predicted octanol–water partition coefficient (Wildman–Crippen LogP) is 2.91. The van der Waals surface area contributed by atoms with Crippen LogP contribution >= 0.6 is 0 Å². The number of nitrogens with zero attached hydrogens (tertiary/aromatic N) is 3. The normalized spacial score (nSPS) is 11.3. The molecule has 1 N–H and O–H groups in total. The number of anilines is 1. The largest absolute Gasteiger partial charge is 0.347 e. The Morgan fingerprint density at radius 3 is 2.50 bits per heavy atom. The summed E-state index contributed by atoms with van der Waals surface area (Å²) in [5.74, 6) is 0.550. The summed E-state index contributed by atoms with van der Waals surface area (Å²) < 4.78 is 30.9. The fourth-order valence-electron chi connectivity index (χ4n) is 2.99. The van der Waals surface area contributed by atoms with Gasteiger partial charge in [-0.05, 0) is 25.0 Å². The van der Waals surface area contributed by atoms with Crippen molar-refractivity contribution < 1.29 is 17.7 Å². The standard InChI is InChI=1S/C21H24N4O4S/c1-16-9-6-7-12-18(16)25(30(2,27)28)14-8-13-19(26)22-15-20-23-21(24-29-20)17-10-4-3-5-11-17/h3-7,9-12H,8,13-15H2,1-2H3,(H,22,26). The van der Waals surface area contributed by atoms with E-state index in [9.17, 15) is 13.2 Å². The molecular weight excluding hydrogens is 404 g/mol. The van der Waals surface area contributed by atoms with Crippen LogP contribution in [0.25, 0.3) is 11.4 Å². The van der Waals surface area contributed by atoms with Crippen LogP contribution in [0.2, 0.25) is 0 Å². The van der Waals surface area contributed by atoms with Gasteiger partial charge in [0.25, 0.3) is 0 Å². The number of sulfonamides is 1. The van der Waals surface area contributed by atoms with Crippen LogP contribution in [-0.2, 0) is 21.4 Å². The molecule has 3 aromatic rings. The summed E-state index contributed by atoms with van der Waals surface area (Å²) in [6, 6.07) is 16.7. The van der Waals surface area contributed by atoms with Crippen molar-refractivity contribution in [3.05, 3.63) is 66.1 Å². The maximum Gasteiger partial charge on any atom is 0.246 e. The van der Waals surface area contributed by atoms with E-state index in [1.807, 2.05) is 49.4 Å². The summed E-state index contributed by atoms with van der Waals surface area (Å²) in [6.07, 6.45) is 1.73. The Labute approximate surface area is 176 Å². The van der Waals surface area contributed by atoms with Crippen LogP contribution in [-0.4, -0.2) is 37.3 Å². The molecule has 0 atom stereocenters. The van der Waals surface area contributed by atoms with Crippen molar-refractivity contribution in [3.8, 4) is 11.4 Å². The highest BCUT2D eigenvalue weighted by Crippen LogP contribution is 2.22. The number of nitrogens with one attached hydrogen (secondary N) is 1. The number of rotatable bonds is 9. The van der Waals surface area contributed by atoms with Crippen LogP contribution < -0.4 is 9.62 Å². The molecule has 8 nitrogen and oxygen atoms in total. The highest BCUT2D eigenvalue weighted by Gasteiger charge is 2.19. The molecule has 3 rings (SSSR count). The topological polar surface area (TPSA) is 105 Å². The molecule has 1 aromatic heterocycles. The molecule has 0 aliphatic heterocycles. The number of aromatic nitrogens is 2. The van der Waals surface area contributed by atoms with E-state index in [0.717, 1.165) is 11.1 Å². The molecule has 158 valence electrons. The van der Waals surface area contributed by atoms with Crippen LogP contribution in [0.15, 0.2) is 59.1 Å². The first kappa shape index (κ1) is 21.5. The first-order valence-corrected chi connectivity index (χ1v) is 11.4. The van der Waals surface area contributed by atoms with Crippen LogP contribution in [0.5, 0.6) is 0 Å². The Morgan fingerprint density at radius 2 is 1.80 bits per heavy atom. The van der Waals surface area contributed by atoms with Crippen molar-refractivity contribution in [3.63, 3.8) is 0 Å². The smallest absolute Gasteiger partial charge is 0.246 e. The van der Waals surface area contributed by atoms with Crippen molar-refractivity contribution in [2.24, 2.45) is 0 Å². The van der Waals surface area contributed by atoms with E-state index >= 15 is 0 Å². The summed E-state index contributed by atoms with van der Waals surface area (Å²) in [4.78, 5) is 16.4. The minimum atomic E-state index is -3.45. The Hall–Kier alpha value is -3.20. The van der Waals surface area contributed by atoms with E-state index in [-0.39, 0.29) is 25.4 Å². The van der Waals surface area contributed by atoms with Gasteiger partial charge in [-0.1, -0.05) is 53.7 Å². The highest BCUT2D eigenvalue weighted by atomic mass is 32.2. The Kier molecular flexibility index (Phi) is 6.83. The third-order valence-corrected chi connectivity index (χ3v) is 5.67. The lowest BCUT2D eigenvalue weighted by Crippen LogP contribution is -2.32. The molecule has 2 aromatic carbocycles. The van der Waals surface area contributed by atoms with Crippen molar-refractivity contribution >= 4 is 21.6 Å². The Balaban J connectivity index is 1.51. The number of amides is 1. The van der Waals surface area contributed by atoms with E-state index in [1.165, 1.54) is 10.6 Å². The molecule has 1 amide bonds. The molecule has 0 aliphatic carbocycles. The van der Waals surface area contributed by atoms with Gasteiger partial charge >= 0.3 is 0 Å². The highest BCUT2D eigenvalue weighted by molar-refractivity contribution is 7.92. The van der Waals surface area contributed by atoms with Gasteiger partial charge in [0.05, 0.1) is 18.5 Å². The second-order valence-electron chi connectivity index (χ2n) is 6.88. The number of para-hydroxylation sites is 1. The molecule has 9 heteroatoms. The summed E-state index contributed by atoms with van der Waals surface area (Å²) in [7, 11) is -3.45. The van der Waals surface area contributed by atoms with Crippen molar-refractivity contribution in [2.45, 2.75) is 26.3 Å². The van der Waals surface area contributed by atoms with Crippen molar-refractivity contribution in [2.75, 3.05) is 17.1 Å². The van der Waals surface area contributed by atoms with Gasteiger partial charge in [-0.15, -0.1) is 0 Å². The molecule has 1 heterocycles. The third-order valence-electron chi connectivity index (χ3n) is 4.49. The summed E-state index contributed by atoms with van der Waals surface area (Å²) >= 11 is 0.